The molecule has 1 aliphatic heterocycles. The summed E-state index contributed by atoms with van der Waals surface area (Å²) in [5, 5.41) is 3.18. The second-order valence-electron chi connectivity index (χ2n) is 4.02. The van der Waals surface area contributed by atoms with Gasteiger partial charge in [0, 0.05) is 18.1 Å². The van der Waals surface area contributed by atoms with Gasteiger partial charge in [0.2, 0.25) is 0 Å². The second-order valence-corrected chi connectivity index (χ2v) is 5.00. The van der Waals surface area contributed by atoms with Crippen LogP contribution in [0.3, 0.4) is 0 Å². The summed E-state index contributed by atoms with van der Waals surface area (Å²) < 4.78 is 11.0. The molecule has 2 rings (SSSR count). The van der Waals surface area contributed by atoms with Gasteiger partial charge in [-0.2, -0.15) is 0 Å². The first-order chi connectivity index (χ1) is 7.84. The van der Waals surface area contributed by atoms with Gasteiger partial charge < -0.3 is 9.47 Å². The predicted octanol–water partition coefficient (Wildman–Crippen LogP) is 1.38. The second kappa shape index (κ2) is 6.30. The zero-order valence-electron chi connectivity index (χ0n) is 9.59. The van der Waals surface area contributed by atoms with Crippen molar-refractivity contribution in [2.45, 2.75) is 19.1 Å². The average Bonchev–Trinajstić information content (AvgIpc) is 2.81. The van der Waals surface area contributed by atoms with Crippen LogP contribution in [-0.4, -0.2) is 49.4 Å². The van der Waals surface area contributed by atoms with Gasteiger partial charge in [-0.3, -0.25) is 4.90 Å². The van der Waals surface area contributed by atoms with E-state index < -0.39 is 0 Å². The standard InChI is InChI=1S/C11H18N2O2S/c1-13(8-11-12-3-7-16-11)4-2-10-9-14-5-6-15-10/h3,7,10H,2,4-6,8-9H2,1H3. The summed E-state index contributed by atoms with van der Waals surface area (Å²) in [6.07, 6.45) is 3.15. The Morgan fingerprint density at radius 1 is 1.56 bits per heavy atom. The Kier molecular flexibility index (Phi) is 4.71. The summed E-state index contributed by atoms with van der Waals surface area (Å²) in [5.74, 6) is 0. The fraction of sp³-hybridized carbons (Fsp3) is 0.727. The molecule has 1 aromatic rings. The van der Waals surface area contributed by atoms with Gasteiger partial charge in [-0.25, -0.2) is 4.98 Å². The minimum atomic E-state index is 0.271. The Morgan fingerprint density at radius 3 is 3.19 bits per heavy atom. The number of rotatable bonds is 5. The lowest BCUT2D eigenvalue weighted by Gasteiger charge is -2.25. The molecule has 1 atom stereocenters. The van der Waals surface area contributed by atoms with Crippen LogP contribution in [0.1, 0.15) is 11.4 Å². The van der Waals surface area contributed by atoms with Crippen molar-refractivity contribution in [2.24, 2.45) is 0 Å². The van der Waals surface area contributed by atoms with Gasteiger partial charge >= 0.3 is 0 Å². The van der Waals surface area contributed by atoms with Crippen molar-refractivity contribution in [3.05, 3.63) is 16.6 Å². The fourth-order valence-corrected chi connectivity index (χ4v) is 2.40. The molecule has 1 aromatic heterocycles. The zero-order valence-corrected chi connectivity index (χ0v) is 10.4. The van der Waals surface area contributed by atoms with Gasteiger partial charge in [0.05, 0.1) is 32.5 Å². The molecule has 0 aromatic carbocycles. The van der Waals surface area contributed by atoms with E-state index in [9.17, 15) is 0 Å². The highest BCUT2D eigenvalue weighted by atomic mass is 32.1. The van der Waals surface area contributed by atoms with Crippen molar-refractivity contribution in [1.29, 1.82) is 0 Å². The SMILES string of the molecule is CN(CCC1COCCO1)Cc1nccs1. The predicted molar refractivity (Wildman–Crippen MR) is 63.6 cm³/mol. The Bertz CT molecular complexity index is 286. The number of nitrogens with zero attached hydrogens (tertiary/aromatic N) is 2. The molecule has 0 spiro atoms. The van der Waals surface area contributed by atoms with Gasteiger partial charge in [0.1, 0.15) is 5.01 Å². The van der Waals surface area contributed by atoms with Gasteiger partial charge in [-0.15, -0.1) is 11.3 Å². The van der Waals surface area contributed by atoms with E-state index in [2.05, 4.69) is 16.9 Å². The maximum Gasteiger partial charge on any atom is 0.107 e. The molecule has 5 heteroatoms. The van der Waals surface area contributed by atoms with Crippen LogP contribution in [0.2, 0.25) is 0 Å². The van der Waals surface area contributed by atoms with Crippen molar-refractivity contribution in [3.8, 4) is 0 Å². The first-order valence-corrected chi connectivity index (χ1v) is 6.49. The van der Waals surface area contributed by atoms with Crippen LogP contribution in [0.25, 0.3) is 0 Å². The fourth-order valence-electron chi connectivity index (χ4n) is 1.71. The zero-order chi connectivity index (χ0) is 11.2. The maximum atomic E-state index is 5.60. The molecule has 0 bridgehead atoms. The van der Waals surface area contributed by atoms with Crippen LogP contribution in [0.5, 0.6) is 0 Å². The summed E-state index contributed by atoms with van der Waals surface area (Å²) in [4.78, 5) is 6.55. The molecule has 2 heterocycles. The van der Waals surface area contributed by atoms with Crippen molar-refractivity contribution in [1.82, 2.24) is 9.88 Å². The van der Waals surface area contributed by atoms with E-state index in [1.807, 2.05) is 11.6 Å². The van der Waals surface area contributed by atoms with Crippen molar-refractivity contribution in [2.75, 3.05) is 33.4 Å². The summed E-state index contributed by atoms with van der Waals surface area (Å²) in [5.41, 5.74) is 0. The maximum absolute atomic E-state index is 5.60. The van der Waals surface area contributed by atoms with Crippen LogP contribution in [0.15, 0.2) is 11.6 Å². The first-order valence-electron chi connectivity index (χ1n) is 5.61. The van der Waals surface area contributed by atoms with E-state index in [-0.39, 0.29) is 6.10 Å². The lowest BCUT2D eigenvalue weighted by molar-refractivity contribution is -0.0923. The molecule has 1 unspecified atom stereocenters. The number of hydrogen-bond acceptors (Lipinski definition) is 5. The summed E-state index contributed by atoms with van der Waals surface area (Å²) in [6, 6.07) is 0. The van der Waals surface area contributed by atoms with E-state index in [0.717, 1.165) is 39.3 Å². The van der Waals surface area contributed by atoms with Crippen molar-refractivity contribution in [3.63, 3.8) is 0 Å². The van der Waals surface area contributed by atoms with E-state index in [1.165, 1.54) is 5.01 Å². The van der Waals surface area contributed by atoms with Crippen LogP contribution in [-0.2, 0) is 16.0 Å². The highest BCUT2D eigenvalue weighted by Crippen LogP contribution is 2.09. The van der Waals surface area contributed by atoms with Gasteiger partial charge in [-0.1, -0.05) is 0 Å². The van der Waals surface area contributed by atoms with Crippen LogP contribution < -0.4 is 0 Å². The van der Waals surface area contributed by atoms with Crippen molar-refractivity contribution >= 4 is 11.3 Å². The highest BCUT2D eigenvalue weighted by molar-refractivity contribution is 7.09. The van der Waals surface area contributed by atoms with E-state index in [0.29, 0.717) is 0 Å². The molecular formula is C11H18N2O2S. The van der Waals surface area contributed by atoms with Gasteiger partial charge in [-0.05, 0) is 13.5 Å². The summed E-state index contributed by atoms with van der Waals surface area (Å²) >= 11 is 1.70. The van der Waals surface area contributed by atoms with Crippen LogP contribution in [0.4, 0.5) is 0 Å². The molecule has 1 fully saturated rings. The molecular weight excluding hydrogens is 224 g/mol. The molecule has 16 heavy (non-hydrogen) atoms. The minimum Gasteiger partial charge on any atom is -0.376 e. The first kappa shape index (κ1) is 12.0. The number of thiazole rings is 1. The number of ether oxygens (including phenoxy) is 2. The average molecular weight is 242 g/mol. The summed E-state index contributed by atoms with van der Waals surface area (Å²) in [7, 11) is 2.12. The molecule has 0 amide bonds. The quantitative estimate of drug-likeness (QED) is 0.781. The Balaban J connectivity index is 1.65. The normalized spacial score (nSPS) is 21.5. The molecule has 0 saturated carbocycles. The molecule has 1 saturated heterocycles. The largest absolute Gasteiger partial charge is 0.376 e. The molecule has 0 radical (unpaired) electrons. The molecule has 1 aliphatic rings. The Hall–Kier alpha value is -0.490. The lowest BCUT2D eigenvalue weighted by Crippen LogP contribution is -2.32. The van der Waals surface area contributed by atoms with Gasteiger partial charge in [0.25, 0.3) is 0 Å². The summed E-state index contributed by atoms with van der Waals surface area (Å²) in [6.45, 7) is 4.16. The van der Waals surface area contributed by atoms with E-state index in [1.54, 1.807) is 11.3 Å². The third kappa shape index (κ3) is 3.83. The Labute approximate surface area is 100 Å². The minimum absolute atomic E-state index is 0.271. The van der Waals surface area contributed by atoms with Gasteiger partial charge in [0.15, 0.2) is 0 Å². The number of aromatic nitrogens is 1. The highest BCUT2D eigenvalue weighted by Gasteiger charge is 2.14. The van der Waals surface area contributed by atoms with E-state index >= 15 is 0 Å². The number of hydrogen-bond donors (Lipinski definition) is 0. The molecule has 4 nitrogen and oxygen atoms in total. The van der Waals surface area contributed by atoms with E-state index in [4.69, 9.17) is 9.47 Å². The van der Waals surface area contributed by atoms with Crippen LogP contribution >= 0.6 is 11.3 Å². The monoisotopic (exact) mass is 242 g/mol. The van der Waals surface area contributed by atoms with Crippen LogP contribution in [0, 0.1) is 0 Å². The van der Waals surface area contributed by atoms with Crippen molar-refractivity contribution < 1.29 is 9.47 Å². The molecule has 90 valence electrons. The third-order valence-corrected chi connectivity index (χ3v) is 3.37. The lowest BCUT2D eigenvalue weighted by atomic mass is 10.2. The molecule has 0 aliphatic carbocycles. The molecule has 0 N–H and O–H groups in total. The smallest absolute Gasteiger partial charge is 0.107 e. The Morgan fingerprint density at radius 2 is 2.50 bits per heavy atom. The third-order valence-electron chi connectivity index (χ3n) is 2.61. The topological polar surface area (TPSA) is 34.6 Å².